The highest BCUT2D eigenvalue weighted by Gasteiger charge is 2.22. The highest BCUT2D eigenvalue weighted by molar-refractivity contribution is 14.0. The van der Waals surface area contributed by atoms with Crippen molar-refractivity contribution in [3.63, 3.8) is 0 Å². The Kier molecular flexibility index (Phi) is 10.6. The fourth-order valence-corrected chi connectivity index (χ4v) is 3.54. The second kappa shape index (κ2) is 12.7. The Balaban J connectivity index is 0.00000320. The number of likely N-dealkylation sites (N-methyl/N-ethyl adjacent to an activating group) is 1. The number of guanidine groups is 1. The number of hydrogen-bond acceptors (Lipinski definition) is 4. The fourth-order valence-electron chi connectivity index (χ4n) is 3.54. The van der Waals surface area contributed by atoms with Gasteiger partial charge >= 0.3 is 0 Å². The Morgan fingerprint density at radius 1 is 1.23 bits per heavy atom. The van der Waals surface area contributed by atoms with Crippen LogP contribution in [0.1, 0.15) is 38.3 Å². The van der Waals surface area contributed by atoms with E-state index in [1.807, 2.05) is 13.0 Å². The zero-order valence-electron chi connectivity index (χ0n) is 18.5. The lowest BCUT2D eigenvalue weighted by Crippen LogP contribution is -2.49. The Labute approximate surface area is 197 Å². The van der Waals surface area contributed by atoms with E-state index in [-0.39, 0.29) is 35.8 Å². The fraction of sp³-hybridized carbons (Fsp3) is 0.682. The SMILES string of the molecule is CCN1CCN(CCNC(=NC)NC(C)c2ccc(OCC3CC3)c(F)c2)CC1.I. The van der Waals surface area contributed by atoms with Crippen molar-refractivity contribution in [2.75, 3.05) is 59.5 Å². The van der Waals surface area contributed by atoms with Gasteiger partial charge in [-0.05, 0) is 49.9 Å². The molecule has 2 aliphatic rings. The molecule has 1 aromatic carbocycles. The average Bonchev–Trinajstić information content (AvgIpc) is 3.57. The number of rotatable bonds is 9. The molecule has 0 amide bonds. The molecule has 0 spiro atoms. The van der Waals surface area contributed by atoms with Crippen molar-refractivity contribution in [2.24, 2.45) is 10.9 Å². The third kappa shape index (κ3) is 7.85. The molecule has 30 heavy (non-hydrogen) atoms. The molecule has 0 radical (unpaired) electrons. The zero-order chi connectivity index (χ0) is 20.6. The van der Waals surface area contributed by atoms with Crippen LogP contribution in [0.5, 0.6) is 5.75 Å². The molecule has 6 nitrogen and oxygen atoms in total. The summed E-state index contributed by atoms with van der Waals surface area (Å²) >= 11 is 0. The zero-order valence-corrected chi connectivity index (χ0v) is 20.8. The molecule has 1 aliphatic carbocycles. The molecule has 1 aliphatic heterocycles. The van der Waals surface area contributed by atoms with Crippen LogP contribution in [0.25, 0.3) is 0 Å². The van der Waals surface area contributed by atoms with Gasteiger partial charge in [0.15, 0.2) is 17.5 Å². The van der Waals surface area contributed by atoms with E-state index < -0.39 is 0 Å². The number of nitrogens with zero attached hydrogens (tertiary/aromatic N) is 3. The number of ether oxygens (including phenoxy) is 1. The molecule has 1 saturated heterocycles. The van der Waals surface area contributed by atoms with E-state index in [9.17, 15) is 4.39 Å². The van der Waals surface area contributed by atoms with Gasteiger partial charge in [0.2, 0.25) is 0 Å². The first-order chi connectivity index (χ1) is 14.1. The third-order valence-electron chi connectivity index (χ3n) is 5.84. The molecule has 2 fully saturated rings. The second-order valence-electron chi connectivity index (χ2n) is 8.09. The monoisotopic (exact) mass is 533 g/mol. The van der Waals surface area contributed by atoms with Gasteiger partial charge in [0, 0.05) is 46.3 Å². The molecule has 3 rings (SSSR count). The van der Waals surface area contributed by atoms with Crippen LogP contribution >= 0.6 is 24.0 Å². The lowest BCUT2D eigenvalue weighted by Gasteiger charge is -2.34. The lowest BCUT2D eigenvalue weighted by molar-refractivity contribution is 0.139. The van der Waals surface area contributed by atoms with Crippen LogP contribution in [0.4, 0.5) is 4.39 Å². The average molecular weight is 533 g/mol. The van der Waals surface area contributed by atoms with Gasteiger partial charge in [-0.2, -0.15) is 0 Å². The Bertz CT molecular complexity index is 677. The minimum atomic E-state index is -0.300. The predicted molar refractivity (Wildman–Crippen MR) is 132 cm³/mol. The van der Waals surface area contributed by atoms with Crippen molar-refractivity contribution in [3.8, 4) is 5.75 Å². The Morgan fingerprint density at radius 3 is 2.53 bits per heavy atom. The smallest absolute Gasteiger partial charge is 0.191 e. The van der Waals surface area contributed by atoms with Crippen LogP contribution in [-0.4, -0.2) is 75.2 Å². The summed E-state index contributed by atoms with van der Waals surface area (Å²) in [6.45, 7) is 12.3. The largest absolute Gasteiger partial charge is 0.490 e. The van der Waals surface area contributed by atoms with Crippen LogP contribution in [0.3, 0.4) is 0 Å². The number of benzene rings is 1. The van der Waals surface area contributed by atoms with Gasteiger partial charge in [-0.3, -0.25) is 9.89 Å². The van der Waals surface area contributed by atoms with Crippen molar-refractivity contribution in [2.45, 2.75) is 32.7 Å². The summed E-state index contributed by atoms with van der Waals surface area (Å²) < 4.78 is 19.9. The van der Waals surface area contributed by atoms with Crippen LogP contribution in [0.15, 0.2) is 23.2 Å². The van der Waals surface area contributed by atoms with Gasteiger partial charge in [0.1, 0.15) is 0 Å². The van der Waals surface area contributed by atoms with Crippen molar-refractivity contribution in [1.82, 2.24) is 20.4 Å². The number of aliphatic imine (C=N–C) groups is 1. The van der Waals surface area contributed by atoms with Crippen LogP contribution in [0, 0.1) is 11.7 Å². The number of nitrogens with one attached hydrogen (secondary N) is 2. The number of halogens is 2. The Hall–Kier alpha value is -1.13. The molecule has 1 saturated carbocycles. The highest BCUT2D eigenvalue weighted by Crippen LogP contribution is 2.30. The minimum absolute atomic E-state index is 0. The topological polar surface area (TPSA) is 52.1 Å². The summed E-state index contributed by atoms with van der Waals surface area (Å²) in [6.07, 6.45) is 2.39. The maximum Gasteiger partial charge on any atom is 0.191 e. The summed E-state index contributed by atoms with van der Waals surface area (Å²) in [4.78, 5) is 9.26. The van der Waals surface area contributed by atoms with E-state index in [1.54, 1.807) is 19.2 Å². The van der Waals surface area contributed by atoms with Crippen LogP contribution < -0.4 is 15.4 Å². The van der Waals surface area contributed by atoms with E-state index in [1.165, 1.54) is 12.8 Å². The number of hydrogen-bond donors (Lipinski definition) is 2. The molecule has 0 aromatic heterocycles. The van der Waals surface area contributed by atoms with Crippen LogP contribution in [0.2, 0.25) is 0 Å². The van der Waals surface area contributed by atoms with Crippen molar-refractivity contribution in [1.29, 1.82) is 0 Å². The van der Waals surface area contributed by atoms with Gasteiger partial charge in [0.25, 0.3) is 0 Å². The van der Waals surface area contributed by atoms with Gasteiger partial charge < -0.3 is 20.3 Å². The molecule has 1 atom stereocenters. The first-order valence-corrected chi connectivity index (χ1v) is 10.9. The molecule has 8 heteroatoms. The quantitative estimate of drug-likeness (QED) is 0.291. The molecule has 170 valence electrons. The Morgan fingerprint density at radius 2 is 1.93 bits per heavy atom. The predicted octanol–water partition coefficient (Wildman–Crippen LogP) is 3.10. The second-order valence-corrected chi connectivity index (χ2v) is 8.09. The standard InChI is InChI=1S/C22H36FN5O.HI/c1-4-27-11-13-28(14-12-27)10-9-25-22(24-3)26-17(2)19-7-8-21(20(23)15-19)29-16-18-5-6-18;/h7-8,15,17-18H,4-6,9-14,16H2,1-3H3,(H2,24,25,26);1H. The normalized spacial score (nSPS) is 19.1. The van der Waals surface area contributed by atoms with E-state index in [0.717, 1.165) is 57.3 Å². The van der Waals surface area contributed by atoms with Gasteiger partial charge in [-0.25, -0.2) is 4.39 Å². The minimum Gasteiger partial charge on any atom is -0.490 e. The van der Waals surface area contributed by atoms with Gasteiger partial charge in [-0.15, -0.1) is 24.0 Å². The summed E-state index contributed by atoms with van der Waals surface area (Å²) in [5, 5.41) is 6.72. The van der Waals surface area contributed by atoms with Crippen molar-refractivity contribution >= 4 is 29.9 Å². The van der Waals surface area contributed by atoms with Gasteiger partial charge in [-0.1, -0.05) is 13.0 Å². The van der Waals surface area contributed by atoms with E-state index in [4.69, 9.17) is 4.74 Å². The van der Waals surface area contributed by atoms with E-state index in [2.05, 4.69) is 32.3 Å². The third-order valence-corrected chi connectivity index (χ3v) is 5.84. The molecular weight excluding hydrogens is 496 g/mol. The van der Waals surface area contributed by atoms with Crippen LogP contribution in [-0.2, 0) is 0 Å². The molecule has 1 heterocycles. The molecule has 0 bridgehead atoms. The molecule has 1 aromatic rings. The van der Waals surface area contributed by atoms with E-state index >= 15 is 0 Å². The highest BCUT2D eigenvalue weighted by atomic mass is 127. The summed E-state index contributed by atoms with van der Waals surface area (Å²) in [6, 6.07) is 5.16. The molecule has 1 unspecified atom stereocenters. The van der Waals surface area contributed by atoms with Crippen molar-refractivity contribution in [3.05, 3.63) is 29.6 Å². The number of piperazine rings is 1. The van der Waals surface area contributed by atoms with Gasteiger partial charge in [0.05, 0.1) is 12.6 Å². The maximum atomic E-state index is 14.4. The summed E-state index contributed by atoms with van der Waals surface area (Å²) in [7, 11) is 1.76. The summed E-state index contributed by atoms with van der Waals surface area (Å²) in [5.41, 5.74) is 0.875. The first kappa shape index (κ1) is 25.1. The maximum absolute atomic E-state index is 14.4. The van der Waals surface area contributed by atoms with E-state index in [0.29, 0.717) is 18.3 Å². The van der Waals surface area contributed by atoms with Crippen molar-refractivity contribution < 1.29 is 9.13 Å². The lowest BCUT2D eigenvalue weighted by atomic mass is 10.1. The molecule has 2 N–H and O–H groups in total. The summed E-state index contributed by atoms with van der Waals surface area (Å²) in [5.74, 6) is 1.39. The first-order valence-electron chi connectivity index (χ1n) is 10.9. The molecular formula is C22H37FIN5O.